The molecule has 11 rings (SSSR count). The lowest BCUT2D eigenvalue weighted by Gasteiger charge is -2.10. The van der Waals surface area contributed by atoms with Gasteiger partial charge in [-0.2, -0.15) is 0 Å². The van der Waals surface area contributed by atoms with Crippen LogP contribution in [0.2, 0.25) is 0 Å². The summed E-state index contributed by atoms with van der Waals surface area (Å²) in [6, 6.07) is 56.3. The smallest absolute Gasteiger partial charge is 0.164 e. The Labute approximate surface area is 297 Å². The van der Waals surface area contributed by atoms with Crippen molar-refractivity contribution in [3.8, 4) is 45.3 Å². The zero-order chi connectivity index (χ0) is 34.2. The molecule has 0 saturated heterocycles. The Kier molecular flexibility index (Phi) is 6.18. The van der Waals surface area contributed by atoms with Gasteiger partial charge < -0.3 is 8.83 Å². The quantitative estimate of drug-likeness (QED) is 0.187. The van der Waals surface area contributed by atoms with Gasteiger partial charge >= 0.3 is 0 Å². The SMILES string of the molecule is c1ccc(-c2nc(-c3ccc4ccc5oc6ccccc6c5c4c3)nc(-c3cccc4oc5c(-c6ccc7ccccc7c6)cccc5c34)n2)cc1. The molecule has 0 N–H and O–H groups in total. The summed E-state index contributed by atoms with van der Waals surface area (Å²) >= 11 is 0. The molecule has 0 unspecified atom stereocenters. The summed E-state index contributed by atoms with van der Waals surface area (Å²) in [4.78, 5) is 15.4. The molecule has 5 nitrogen and oxygen atoms in total. The Morgan fingerprint density at radius 1 is 0.327 bits per heavy atom. The maximum Gasteiger partial charge on any atom is 0.164 e. The van der Waals surface area contributed by atoms with Gasteiger partial charge in [-0.05, 0) is 57.4 Å². The van der Waals surface area contributed by atoms with Crippen molar-refractivity contribution in [1.29, 1.82) is 0 Å². The normalized spacial score (nSPS) is 11.8. The van der Waals surface area contributed by atoms with Crippen LogP contribution in [0.5, 0.6) is 0 Å². The summed E-state index contributed by atoms with van der Waals surface area (Å²) in [7, 11) is 0. The number of furan rings is 2. The lowest BCUT2D eigenvalue weighted by atomic mass is 9.98. The van der Waals surface area contributed by atoms with Crippen LogP contribution in [0.1, 0.15) is 0 Å². The standard InChI is InChI=1S/C47H27N3O2/c1-2-11-30(12-3-1)45-48-46(33-23-21-29-24-25-41-42(38(29)27-33)35-14-6-7-18-39(35)51-41)50-47(49-45)37-17-9-19-40-43(37)36-16-8-15-34(44(36)52-40)32-22-20-28-10-4-5-13-31(28)26-32/h1-27H. The topological polar surface area (TPSA) is 65.0 Å². The molecule has 0 aliphatic heterocycles. The van der Waals surface area contributed by atoms with Gasteiger partial charge in [0.2, 0.25) is 0 Å². The summed E-state index contributed by atoms with van der Waals surface area (Å²) in [6.45, 7) is 0. The highest BCUT2D eigenvalue weighted by molar-refractivity contribution is 6.19. The van der Waals surface area contributed by atoms with Crippen molar-refractivity contribution in [3.63, 3.8) is 0 Å². The predicted octanol–water partition coefficient (Wildman–Crippen LogP) is 12.6. The summed E-state index contributed by atoms with van der Waals surface area (Å²) in [5.41, 5.74) is 8.19. The molecule has 8 aromatic carbocycles. The molecule has 52 heavy (non-hydrogen) atoms. The number of hydrogen-bond donors (Lipinski definition) is 0. The second-order valence-electron chi connectivity index (χ2n) is 13.2. The first kappa shape index (κ1) is 28.7. The molecule has 3 heterocycles. The van der Waals surface area contributed by atoms with E-state index in [2.05, 4.69) is 103 Å². The van der Waals surface area contributed by atoms with E-state index in [1.165, 1.54) is 10.8 Å². The van der Waals surface area contributed by atoms with Crippen molar-refractivity contribution in [3.05, 3.63) is 164 Å². The molecule has 0 atom stereocenters. The number of aromatic nitrogens is 3. The van der Waals surface area contributed by atoms with Gasteiger partial charge in [0.1, 0.15) is 22.3 Å². The highest BCUT2D eigenvalue weighted by Gasteiger charge is 2.20. The molecule has 0 saturated carbocycles. The van der Waals surface area contributed by atoms with Crippen LogP contribution >= 0.6 is 0 Å². The van der Waals surface area contributed by atoms with Crippen LogP contribution in [0.25, 0.3) is 111 Å². The van der Waals surface area contributed by atoms with Gasteiger partial charge in [0.05, 0.1) is 0 Å². The molecule has 0 spiro atoms. The van der Waals surface area contributed by atoms with Crippen molar-refractivity contribution >= 4 is 65.4 Å². The molecule has 0 aliphatic carbocycles. The Hall–Kier alpha value is -7.11. The highest BCUT2D eigenvalue weighted by Crippen LogP contribution is 2.41. The maximum absolute atomic E-state index is 6.68. The number of para-hydroxylation sites is 2. The summed E-state index contributed by atoms with van der Waals surface area (Å²) in [5, 5.41) is 8.77. The van der Waals surface area contributed by atoms with E-state index in [1.54, 1.807) is 0 Å². The third-order valence-corrected chi connectivity index (χ3v) is 10.1. The molecule has 242 valence electrons. The minimum Gasteiger partial charge on any atom is -0.456 e. The third kappa shape index (κ3) is 4.46. The average Bonchev–Trinajstić information content (AvgIpc) is 3.80. The van der Waals surface area contributed by atoms with Crippen LogP contribution in [0.4, 0.5) is 0 Å². The van der Waals surface area contributed by atoms with E-state index in [1.807, 2.05) is 60.7 Å². The number of benzene rings is 8. The van der Waals surface area contributed by atoms with Gasteiger partial charge in [-0.3, -0.25) is 0 Å². The maximum atomic E-state index is 6.68. The van der Waals surface area contributed by atoms with E-state index in [0.717, 1.165) is 82.5 Å². The second-order valence-corrected chi connectivity index (χ2v) is 13.2. The van der Waals surface area contributed by atoms with Crippen molar-refractivity contribution < 1.29 is 8.83 Å². The fraction of sp³-hybridized carbons (Fsp3) is 0. The highest BCUT2D eigenvalue weighted by atomic mass is 16.3. The van der Waals surface area contributed by atoms with Crippen LogP contribution in [-0.4, -0.2) is 15.0 Å². The van der Waals surface area contributed by atoms with Gasteiger partial charge in [0.15, 0.2) is 17.5 Å². The van der Waals surface area contributed by atoms with Gasteiger partial charge in [-0.15, -0.1) is 0 Å². The first-order valence-electron chi connectivity index (χ1n) is 17.3. The second kappa shape index (κ2) is 11.2. The molecule has 0 aliphatic rings. The Balaban J connectivity index is 1.14. The predicted molar refractivity (Wildman–Crippen MR) is 211 cm³/mol. The first-order valence-corrected chi connectivity index (χ1v) is 17.3. The number of rotatable bonds is 4. The molecule has 11 aromatic rings. The van der Waals surface area contributed by atoms with Gasteiger partial charge in [-0.1, -0.05) is 133 Å². The van der Waals surface area contributed by atoms with Crippen molar-refractivity contribution in [2.75, 3.05) is 0 Å². The lowest BCUT2D eigenvalue weighted by molar-refractivity contribution is 0.669. The fourth-order valence-electron chi connectivity index (χ4n) is 7.64. The van der Waals surface area contributed by atoms with Crippen molar-refractivity contribution in [2.24, 2.45) is 0 Å². The lowest BCUT2D eigenvalue weighted by Crippen LogP contribution is -2.00. The van der Waals surface area contributed by atoms with E-state index in [9.17, 15) is 0 Å². The zero-order valence-corrected chi connectivity index (χ0v) is 27.7. The minimum atomic E-state index is 0.584. The monoisotopic (exact) mass is 665 g/mol. The number of fused-ring (bicyclic) bond motifs is 9. The molecular weight excluding hydrogens is 639 g/mol. The van der Waals surface area contributed by atoms with Gasteiger partial charge in [0, 0.05) is 43.8 Å². The molecule has 5 heteroatoms. The summed E-state index contributed by atoms with van der Waals surface area (Å²) in [5.74, 6) is 1.78. The molecule has 0 radical (unpaired) electrons. The van der Waals surface area contributed by atoms with Crippen LogP contribution in [0.3, 0.4) is 0 Å². The van der Waals surface area contributed by atoms with E-state index >= 15 is 0 Å². The Morgan fingerprint density at radius 2 is 0.981 bits per heavy atom. The van der Waals surface area contributed by atoms with Crippen molar-refractivity contribution in [1.82, 2.24) is 15.0 Å². The average molecular weight is 666 g/mol. The number of nitrogens with zero attached hydrogens (tertiary/aromatic N) is 3. The molecular formula is C47H27N3O2. The molecule has 0 bridgehead atoms. The summed E-state index contributed by atoms with van der Waals surface area (Å²) in [6.07, 6.45) is 0. The fourth-order valence-corrected chi connectivity index (χ4v) is 7.64. The van der Waals surface area contributed by atoms with E-state index in [-0.39, 0.29) is 0 Å². The molecule has 3 aromatic heterocycles. The van der Waals surface area contributed by atoms with Crippen molar-refractivity contribution in [2.45, 2.75) is 0 Å². The van der Waals surface area contributed by atoms with Gasteiger partial charge in [0.25, 0.3) is 0 Å². The van der Waals surface area contributed by atoms with E-state index in [4.69, 9.17) is 23.8 Å². The minimum absolute atomic E-state index is 0.584. The van der Waals surface area contributed by atoms with E-state index in [0.29, 0.717) is 17.5 Å². The van der Waals surface area contributed by atoms with E-state index < -0.39 is 0 Å². The Bertz CT molecular complexity index is 3190. The van der Waals surface area contributed by atoms with Crippen LogP contribution < -0.4 is 0 Å². The zero-order valence-electron chi connectivity index (χ0n) is 27.7. The van der Waals surface area contributed by atoms with Crippen LogP contribution in [0.15, 0.2) is 173 Å². The number of hydrogen-bond acceptors (Lipinski definition) is 5. The molecule has 0 amide bonds. The Morgan fingerprint density at radius 3 is 1.90 bits per heavy atom. The first-order chi connectivity index (χ1) is 25.7. The largest absolute Gasteiger partial charge is 0.456 e. The van der Waals surface area contributed by atoms with Crippen LogP contribution in [-0.2, 0) is 0 Å². The molecule has 0 fully saturated rings. The summed E-state index contributed by atoms with van der Waals surface area (Å²) < 4.78 is 12.9. The third-order valence-electron chi connectivity index (χ3n) is 10.1. The van der Waals surface area contributed by atoms with Gasteiger partial charge in [-0.25, -0.2) is 15.0 Å². The van der Waals surface area contributed by atoms with Crippen LogP contribution in [0, 0.1) is 0 Å².